The lowest BCUT2D eigenvalue weighted by molar-refractivity contribution is -0.131. The average Bonchev–Trinajstić information content (AvgIpc) is 2.54. The zero-order chi connectivity index (χ0) is 17.7. The maximum absolute atomic E-state index is 12.2. The summed E-state index contributed by atoms with van der Waals surface area (Å²) in [6.07, 6.45) is 1.64. The number of hydrogen-bond acceptors (Lipinski definition) is 4. The molecule has 0 fully saturated rings. The van der Waals surface area contributed by atoms with Crippen LogP contribution in [0.15, 0.2) is 29.1 Å². The smallest absolute Gasteiger partial charge is 0.258 e. The van der Waals surface area contributed by atoms with Crippen LogP contribution in [0.5, 0.6) is 0 Å². The molecule has 6 nitrogen and oxygen atoms in total. The lowest BCUT2D eigenvalue weighted by atomic mass is 9.93. The maximum Gasteiger partial charge on any atom is 0.258 e. The highest BCUT2D eigenvalue weighted by Crippen LogP contribution is 2.15. The lowest BCUT2D eigenvalue weighted by Gasteiger charge is -2.29. The minimum Gasteiger partial charge on any atom is -0.345 e. The van der Waals surface area contributed by atoms with Crippen LogP contribution in [0.4, 0.5) is 0 Å². The van der Waals surface area contributed by atoms with E-state index in [1.807, 2.05) is 32.0 Å². The third-order valence-electron chi connectivity index (χ3n) is 4.11. The Hall–Kier alpha value is -2.21. The summed E-state index contributed by atoms with van der Waals surface area (Å²) in [7, 11) is 1.80. The lowest BCUT2D eigenvalue weighted by Crippen LogP contribution is -2.39. The van der Waals surface area contributed by atoms with Crippen LogP contribution in [0.25, 0.3) is 10.9 Å². The van der Waals surface area contributed by atoms with E-state index in [9.17, 15) is 9.59 Å². The number of hydrogen-bond donors (Lipinski definition) is 2. The number of aromatic nitrogens is 2. The van der Waals surface area contributed by atoms with E-state index in [1.54, 1.807) is 18.0 Å². The van der Waals surface area contributed by atoms with E-state index in [4.69, 9.17) is 5.73 Å². The molecule has 2 aromatic rings. The minimum absolute atomic E-state index is 0.0830. The second kappa shape index (κ2) is 7.57. The molecule has 1 aromatic carbocycles. The summed E-state index contributed by atoms with van der Waals surface area (Å²) in [6.45, 7) is 5.25. The molecule has 6 heteroatoms. The first kappa shape index (κ1) is 18.1. The highest BCUT2D eigenvalue weighted by atomic mass is 16.2. The molecule has 2 rings (SSSR count). The first-order valence-corrected chi connectivity index (χ1v) is 8.24. The van der Waals surface area contributed by atoms with Crippen LogP contribution in [-0.4, -0.2) is 40.9 Å². The number of para-hydroxylation sites is 1. The Morgan fingerprint density at radius 1 is 1.33 bits per heavy atom. The van der Waals surface area contributed by atoms with Crippen LogP contribution in [0.2, 0.25) is 0 Å². The Bertz CT molecular complexity index is 767. The van der Waals surface area contributed by atoms with Gasteiger partial charge in [0, 0.05) is 26.4 Å². The maximum atomic E-state index is 12.2. The number of carbonyl (C=O) groups is 1. The molecule has 24 heavy (non-hydrogen) atoms. The molecule has 0 saturated heterocycles. The standard InChI is InChI=1S/C18H26N4O2/c1-18(2,11-19)12-22(3)16(23)10-6-9-15-20-14-8-5-4-7-13(14)17(24)21-15/h4-5,7-8H,6,9-12,19H2,1-3H3,(H,20,21,24). The number of fused-ring (bicyclic) bond motifs is 1. The third kappa shape index (κ3) is 4.64. The fourth-order valence-corrected chi connectivity index (χ4v) is 2.65. The monoisotopic (exact) mass is 330 g/mol. The van der Waals surface area contributed by atoms with Crippen LogP contribution < -0.4 is 11.3 Å². The number of nitrogens with one attached hydrogen (secondary N) is 1. The van der Waals surface area contributed by atoms with E-state index in [0.29, 0.717) is 49.1 Å². The molecule has 0 saturated carbocycles. The molecule has 0 aliphatic rings. The van der Waals surface area contributed by atoms with Crippen molar-refractivity contribution in [3.05, 3.63) is 40.4 Å². The molecule has 0 aliphatic carbocycles. The van der Waals surface area contributed by atoms with Crippen molar-refractivity contribution in [2.45, 2.75) is 33.1 Å². The van der Waals surface area contributed by atoms with E-state index in [0.717, 1.165) is 0 Å². The summed E-state index contributed by atoms with van der Waals surface area (Å²) in [5.74, 6) is 0.705. The molecule has 0 aliphatic heterocycles. The average molecular weight is 330 g/mol. The van der Waals surface area contributed by atoms with Crippen molar-refractivity contribution in [3.8, 4) is 0 Å². The largest absolute Gasteiger partial charge is 0.345 e. The van der Waals surface area contributed by atoms with Crippen LogP contribution in [-0.2, 0) is 11.2 Å². The van der Waals surface area contributed by atoms with E-state index in [1.165, 1.54) is 0 Å². The summed E-state index contributed by atoms with van der Waals surface area (Å²) in [5, 5.41) is 0.584. The fraction of sp³-hybridized carbons (Fsp3) is 0.500. The van der Waals surface area contributed by atoms with Gasteiger partial charge in [0.2, 0.25) is 5.91 Å². The first-order valence-electron chi connectivity index (χ1n) is 8.24. The van der Waals surface area contributed by atoms with Gasteiger partial charge < -0.3 is 15.6 Å². The van der Waals surface area contributed by atoms with E-state index in [-0.39, 0.29) is 16.9 Å². The zero-order valence-electron chi connectivity index (χ0n) is 14.6. The number of H-pyrrole nitrogens is 1. The van der Waals surface area contributed by atoms with Crippen LogP contribution in [0.3, 0.4) is 0 Å². The van der Waals surface area contributed by atoms with Gasteiger partial charge in [-0.15, -0.1) is 0 Å². The molecular weight excluding hydrogens is 304 g/mol. The van der Waals surface area contributed by atoms with Crippen molar-refractivity contribution < 1.29 is 4.79 Å². The molecule has 0 radical (unpaired) electrons. The minimum atomic E-state index is -0.135. The fourth-order valence-electron chi connectivity index (χ4n) is 2.65. The second-order valence-electron chi connectivity index (χ2n) is 7.00. The molecule has 0 spiro atoms. The van der Waals surface area contributed by atoms with Crippen LogP contribution >= 0.6 is 0 Å². The predicted molar refractivity (Wildman–Crippen MR) is 95.8 cm³/mol. The number of amides is 1. The van der Waals surface area contributed by atoms with Gasteiger partial charge in [-0.2, -0.15) is 0 Å². The Morgan fingerprint density at radius 2 is 2.04 bits per heavy atom. The number of nitrogens with zero attached hydrogens (tertiary/aromatic N) is 2. The predicted octanol–water partition coefficient (Wildman–Crippen LogP) is 1.69. The number of carbonyl (C=O) groups excluding carboxylic acids is 1. The molecule has 1 aromatic heterocycles. The van der Waals surface area contributed by atoms with E-state index in [2.05, 4.69) is 9.97 Å². The summed E-state index contributed by atoms with van der Waals surface area (Å²) >= 11 is 0. The number of aromatic amines is 1. The molecular formula is C18H26N4O2. The van der Waals surface area contributed by atoms with Gasteiger partial charge in [0.1, 0.15) is 5.82 Å². The van der Waals surface area contributed by atoms with Crippen molar-refractivity contribution in [2.24, 2.45) is 11.1 Å². The van der Waals surface area contributed by atoms with Gasteiger partial charge in [0.25, 0.3) is 5.56 Å². The quantitative estimate of drug-likeness (QED) is 0.808. The Morgan fingerprint density at radius 3 is 2.75 bits per heavy atom. The van der Waals surface area contributed by atoms with Crippen molar-refractivity contribution in [1.82, 2.24) is 14.9 Å². The molecule has 0 unspecified atom stereocenters. The summed E-state index contributed by atoms with van der Waals surface area (Å²) in [4.78, 5) is 33.2. The van der Waals surface area contributed by atoms with Gasteiger partial charge in [0.15, 0.2) is 0 Å². The SMILES string of the molecule is CN(CC(C)(C)CN)C(=O)CCCc1nc2ccccc2c(=O)[nH]1. The Labute approximate surface area is 142 Å². The van der Waals surface area contributed by atoms with E-state index < -0.39 is 0 Å². The molecule has 1 heterocycles. The Balaban J connectivity index is 1.92. The van der Waals surface area contributed by atoms with Crippen molar-refractivity contribution in [1.29, 1.82) is 0 Å². The molecule has 0 atom stereocenters. The second-order valence-corrected chi connectivity index (χ2v) is 7.00. The van der Waals surface area contributed by atoms with Gasteiger partial charge in [-0.25, -0.2) is 4.98 Å². The van der Waals surface area contributed by atoms with Crippen molar-refractivity contribution >= 4 is 16.8 Å². The summed E-state index contributed by atoms with van der Waals surface area (Å²) in [5.41, 5.74) is 6.17. The van der Waals surface area contributed by atoms with Crippen LogP contribution in [0.1, 0.15) is 32.5 Å². The summed E-state index contributed by atoms with van der Waals surface area (Å²) < 4.78 is 0. The van der Waals surface area contributed by atoms with Gasteiger partial charge in [-0.3, -0.25) is 9.59 Å². The van der Waals surface area contributed by atoms with Gasteiger partial charge in [-0.05, 0) is 30.5 Å². The molecule has 130 valence electrons. The third-order valence-corrected chi connectivity index (χ3v) is 4.11. The molecule has 0 bridgehead atoms. The highest BCUT2D eigenvalue weighted by Gasteiger charge is 2.20. The van der Waals surface area contributed by atoms with Crippen molar-refractivity contribution in [3.63, 3.8) is 0 Å². The highest BCUT2D eigenvalue weighted by molar-refractivity contribution is 5.77. The molecule has 3 N–H and O–H groups in total. The van der Waals surface area contributed by atoms with Crippen molar-refractivity contribution in [2.75, 3.05) is 20.1 Å². The number of nitrogens with two attached hydrogens (primary N) is 1. The van der Waals surface area contributed by atoms with Crippen LogP contribution in [0, 0.1) is 5.41 Å². The normalized spacial score (nSPS) is 11.7. The van der Waals surface area contributed by atoms with Gasteiger partial charge >= 0.3 is 0 Å². The number of aryl methyl sites for hydroxylation is 1. The summed E-state index contributed by atoms with van der Waals surface area (Å²) in [6, 6.07) is 7.25. The zero-order valence-corrected chi connectivity index (χ0v) is 14.6. The molecule has 1 amide bonds. The van der Waals surface area contributed by atoms with Gasteiger partial charge in [-0.1, -0.05) is 26.0 Å². The topological polar surface area (TPSA) is 92.1 Å². The first-order chi connectivity index (χ1) is 11.3. The number of rotatable bonds is 7. The number of benzene rings is 1. The Kier molecular flexibility index (Phi) is 5.72. The van der Waals surface area contributed by atoms with Gasteiger partial charge in [0.05, 0.1) is 10.9 Å². The van der Waals surface area contributed by atoms with E-state index >= 15 is 0 Å².